The first-order valence-corrected chi connectivity index (χ1v) is 6.50. The van der Waals surface area contributed by atoms with Gasteiger partial charge in [0.1, 0.15) is 0 Å². The Morgan fingerprint density at radius 2 is 0.708 bits per heavy atom. The van der Waals surface area contributed by atoms with Gasteiger partial charge in [-0.15, -0.1) is 20.4 Å². The van der Waals surface area contributed by atoms with E-state index in [0.717, 1.165) is 0 Å². The van der Waals surface area contributed by atoms with E-state index in [1.807, 2.05) is 0 Å². The van der Waals surface area contributed by atoms with Crippen LogP contribution in [0.1, 0.15) is 0 Å². The zero-order chi connectivity index (χ0) is 18.1. The predicted octanol–water partition coefficient (Wildman–Crippen LogP) is -5.12. The smallest absolute Gasteiger partial charge is 0.257 e. The summed E-state index contributed by atoms with van der Waals surface area (Å²) >= 11 is 25.4. The van der Waals surface area contributed by atoms with Crippen LogP contribution in [-0.4, -0.2) is 25.4 Å². The SMILES string of the molecule is O=c1[nH]c(=O)n(Cl)c(=O)n1Cl.O=c1n(Cl)c(=O)n(Cl)c(=O)n1Cl.[K+]. The quantitative estimate of drug-likeness (QED) is 0.383. The minimum absolute atomic E-state index is 0. The minimum atomic E-state index is -1.16. The third kappa shape index (κ3) is 4.97. The third-order valence-corrected chi connectivity index (χ3v) is 3.38. The Morgan fingerprint density at radius 3 is 0.958 bits per heavy atom. The van der Waals surface area contributed by atoms with Crippen molar-refractivity contribution in [1.29, 1.82) is 0 Å². The zero-order valence-electron chi connectivity index (χ0n) is 11.1. The van der Waals surface area contributed by atoms with Crippen LogP contribution in [0.3, 0.4) is 0 Å². The normalized spacial score (nSPS) is 9.71. The second-order valence-corrected chi connectivity index (χ2v) is 4.96. The number of hydrogen-bond donors (Lipinski definition) is 1. The van der Waals surface area contributed by atoms with Gasteiger partial charge < -0.3 is 0 Å². The first kappa shape index (κ1) is 23.9. The molecular weight excluding hydrogens is 468 g/mol. The molecule has 0 aromatic carbocycles. The Labute approximate surface area is 196 Å². The number of H-pyrrole nitrogens is 1. The number of aromatic amines is 1. The molecule has 2 aromatic heterocycles. The number of rotatable bonds is 0. The maximum absolute atomic E-state index is 10.8. The molecule has 0 fully saturated rings. The van der Waals surface area contributed by atoms with Crippen molar-refractivity contribution in [2.45, 2.75) is 0 Å². The largest absolute Gasteiger partial charge is 1.00 e. The molecule has 0 radical (unpaired) electrons. The van der Waals surface area contributed by atoms with Crippen molar-refractivity contribution in [3.05, 3.63) is 62.9 Å². The molecular formula is C6HCl5KN6O6+. The molecule has 0 amide bonds. The van der Waals surface area contributed by atoms with Crippen LogP contribution in [0.5, 0.6) is 0 Å². The summed E-state index contributed by atoms with van der Waals surface area (Å²) < 4.78 is 0.576. The van der Waals surface area contributed by atoms with Crippen molar-refractivity contribution in [2.75, 3.05) is 0 Å². The predicted molar refractivity (Wildman–Crippen MR) is 81.1 cm³/mol. The van der Waals surface area contributed by atoms with Crippen LogP contribution in [0.25, 0.3) is 0 Å². The first-order valence-electron chi connectivity index (χ1n) is 4.81. The van der Waals surface area contributed by atoms with Crippen molar-refractivity contribution in [3.8, 4) is 0 Å². The van der Waals surface area contributed by atoms with Crippen molar-refractivity contribution < 1.29 is 51.4 Å². The molecule has 0 saturated heterocycles. The fraction of sp³-hybridized carbons (Fsp3) is 0. The van der Waals surface area contributed by atoms with Crippen LogP contribution >= 0.6 is 58.9 Å². The molecule has 0 unspecified atom stereocenters. The second-order valence-electron chi connectivity index (χ2n) is 3.27. The number of hydrogen-bond acceptors (Lipinski definition) is 6. The maximum atomic E-state index is 10.8. The van der Waals surface area contributed by atoms with E-state index in [4.69, 9.17) is 58.9 Å². The maximum Gasteiger partial charge on any atom is 1.00 e. The molecule has 0 spiro atoms. The van der Waals surface area contributed by atoms with Crippen molar-refractivity contribution in [3.63, 3.8) is 0 Å². The van der Waals surface area contributed by atoms with Crippen LogP contribution in [0.2, 0.25) is 0 Å². The van der Waals surface area contributed by atoms with E-state index in [2.05, 4.69) is 0 Å². The number of nitrogens with zero attached hydrogens (tertiary/aromatic N) is 5. The van der Waals surface area contributed by atoms with Gasteiger partial charge in [0.2, 0.25) is 0 Å². The average Bonchev–Trinajstić information content (AvgIpc) is 2.53. The molecule has 24 heavy (non-hydrogen) atoms. The van der Waals surface area contributed by atoms with Crippen molar-refractivity contribution in [1.82, 2.24) is 25.4 Å². The molecule has 0 aliphatic carbocycles. The number of nitrogens with one attached hydrogen (secondary N) is 1. The molecule has 2 heterocycles. The first-order chi connectivity index (χ1) is 10.5. The molecule has 2 rings (SSSR count). The van der Waals surface area contributed by atoms with E-state index in [1.54, 1.807) is 4.98 Å². The van der Waals surface area contributed by atoms with Crippen LogP contribution < -0.4 is 85.5 Å². The van der Waals surface area contributed by atoms with Crippen molar-refractivity contribution in [2.24, 2.45) is 0 Å². The zero-order valence-corrected chi connectivity index (χ0v) is 18.0. The molecule has 0 atom stereocenters. The molecule has 2 aromatic rings. The molecule has 1 N–H and O–H groups in total. The molecule has 0 aliphatic rings. The Kier molecular flexibility index (Phi) is 9.52. The Hall–Kier alpha value is -0.0936. The molecule has 126 valence electrons. The van der Waals surface area contributed by atoms with Crippen LogP contribution in [0.15, 0.2) is 28.8 Å². The van der Waals surface area contributed by atoms with Gasteiger partial charge in [-0.3, -0.25) is 4.98 Å². The summed E-state index contributed by atoms with van der Waals surface area (Å²) in [5.74, 6) is 0. The topological polar surface area (TPSA) is 143 Å². The summed E-state index contributed by atoms with van der Waals surface area (Å²) in [5.41, 5.74) is -6.61. The summed E-state index contributed by atoms with van der Waals surface area (Å²) in [6, 6.07) is 0. The van der Waals surface area contributed by atoms with Crippen molar-refractivity contribution >= 4 is 58.9 Å². The summed E-state index contributed by atoms with van der Waals surface area (Å²) in [4.78, 5) is 65.6. The fourth-order valence-corrected chi connectivity index (χ4v) is 1.76. The summed E-state index contributed by atoms with van der Waals surface area (Å²) in [6.45, 7) is 0. The molecule has 0 saturated carbocycles. The average molecular weight is 469 g/mol. The van der Waals surface area contributed by atoms with Gasteiger partial charge in [-0.25, -0.2) is 28.8 Å². The summed E-state index contributed by atoms with van der Waals surface area (Å²) in [5, 5.41) is 0. The second kappa shape index (κ2) is 9.56. The Balaban J connectivity index is 0.000000425. The molecule has 0 aliphatic heterocycles. The van der Waals surface area contributed by atoms with E-state index >= 15 is 0 Å². The van der Waals surface area contributed by atoms with E-state index in [-0.39, 0.29) is 71.8 Å². The van der Waals surface area contributed by atoms with E-state index in [9.17, 15) is 28.8 Å². The Bertz CT molecular complexity index is 967. The van der Waals surface area contributed by atoms with Gasteiger partial charge in [-0.1, -0.05) is 0 Å². The molecule has 18 heteroatoms. The fourth-order valence-electron chi connectivity index (χ4n) is 0.917. The van der Waals surface area contributed by atoms with E-state index in [1.165, 1.54) is 0 Å². The monoisotopic (exact) mass is 467 g/mol. The molecule has 0 bridgehead atoms. The van der Waals surface area contributed by atoms with Gasteiger partial charge in [0.25, 0.3) is 0 Å². The van der Waals surface area contributed by atoms with Crippen LogP contribution in [0, 0.1) is 0 Å². The third-order valence-electron chi connectivity index (χ3n) is 1.91. The van der Waals surface area contributed by atoms with Gasteiger partial charge >= 0.3 is 85.5 Å². The van der Waals surface area contributed by atoms with Crippen LogP contribution in [0.4, 0.5) is 0 Å². The summed E-state index contributed by atoms with van der Waals surface area (Å²) in [6.07, 6.45) is 0. The Morgan fingerprint density at radius 1 is 0.500 bits per heavy atom. The minimum Gasteiger partial charge on any atom is -0.257 e. The molecule has 12 nitrogen and oxygen atoms in total. The van der Waals surface area contributed by atoms with Gasteiger partial charge in [0, 0.05) is 58.9 Å². The van der Waals surface area contributed by atoms with E-state index < -0.39 is 34.1 Å². The van der Waals surface area contributed by atoms with Gasteiger partial charge in [-0.2, -0.15) is 0 Å². The van der Waals surface area contributed by atoms with Crippen LogP contribution in [-0.2, 0) is 0 Å². The van der Waals surface area contributed by atoms with Gasteiger partial charge in [-0.05, 0) is 0 Å². The van der Waals surface area contributed by atoms with Gasteiger partial charge in [0.15, 0.2) is 0 Å². The van der Waals surface area contributed by atoms with Gasteiger partial charge in [0.05, 0.1) is 0 Å². The van der Waals surface area contributed by atoms with E-state index in [0.29, 0.717) is 0 Å². The summed E-state index contributed by atoms with van der Waals surface area (Å²) in [7, 11) is 0. The number of aromatic nitrogens is 6. The number of halogens is 5. The standard InChI is InChI=1S/C3Cl3N3O3.C3HCl2N3O3.K/c4-7-1(10)8(5)3(12)9(6)2(7)11;4-7-1(9)6-2(10)8(5)3(7)11;/h;(H,6,9,10);/q;;+1.